The second-order valence-electron chi connectivity index (χ2n) is 13.7. The van der Waals surface area contributed by atoms with Crippen molar-refractivity contribution in [1.29, 1.82) is 0 Å². The highest BCUT2D eigenvalue weighted by molar-refractivity contribution is 7.47. The van der Waals surface area contributed by atoms with Gasteiger partial charge in [-0.25, -0.2) is 4.57 Å². The van der Waals surface area contributed by atoms with E-state index in [2.05, 4.69) is 55.6 Å². The van der Waals surface area contributed by atoms with Gasteiger partial charge in [0.2, 0.25) is 5.91 Å². The Morgan fingerprint density at radius 3 is 1.78 bits per heavy atom. The van der Waals surface area contributed by atoms with Gasteiger partial charge in [0.1, 0.15) is 0 Å². The normalized spacial score (nSPS) is 15.3. The third-order valence-corrected chi connectivity index (χ3v) is 9.69. The quantitative estimate of drug-likeness (QED) is 0.0183. The molecule has 0 spiro atoms. The summed E-state index contributed by atoms with van der Waals surface area (Å²) in [6, 6.07) is -1.01. The van der Waals surface area contributed by atoms with Crippen molar-refractivity contribution < 1.29 is 33.5 Å². The molecule has 0 rings (SSSR count). The molecular formula is C41H77N2O7P. The van der Waals surface area contributed by atoms with Gasteiger partial charge in [0, 0.05) is 6.54 Å². The van der Waals surface area contributed by atoms with Gasteiger partial charge in [-0.2, -0.15) is 0 Å². The van der Waals surface area contributed by atoms with Crippen LogP contribution in [0.5, 0.6) is 0 Å². The molecule has 0 aromatic carbocycles. The zero-order valence-electron chi connectivity index (χ0n) is 32.4. The van der Waals surface area contributed by atoms with Crippen LogP contribution in [0.3, 0.4) is 0 Å². The van der Waals surface area contributed by atoms with Crippen LogP contribution in [0.1, 0.15) is 168 Å². The molecule has 0 saturated carbocycles. The number of hydrogen-bond donors (Lipinski definition) is 5. The molecule has 51 heavy (non-hydrogen) atoms. The fourth-order valence-electron chi connectivity index (χ4n) is 5.59. The Balaban J connectivity index is 4.48. The molecule has 0 aliphatic carbocycles. The van der Waals surface area contributed by atoms with Crippen molar-refractivity contribution in [2.45, 2.75) is 186 Å². The topological polar surface area (TPSA) is 151 Å². The van der Waals surface area contributed by atoms with Gasteiger partial charge in [0.25, 0.3) is 0 Å². The van der Waals surface area contributed by atoms with Crippen LogP contribution >= 0.6 is 7.82 Å². The van der Waals surface area contributed by atoms with Gasteiger partial charge < -0.3 is 26.2 Å². The number of phosphoric ester groups is 1. The highest BCUT2D eigenvalue weighted by Gasteiger charge is 2.27. The molecular weight excluding hydrogens is 663 g/mol. The minimum atomic E-state index is -4.41. The summed E-state index contributed by atoms with van der Waals surface area (Å²) in [6.45, 7) is 3.89. The fraction of sp³-hybridized carbons (Fsp3) is 0.780. The molecule has 0 fully saturated rings. The number of nitrogens with one attached hydrogen (secondary N) is 1. The Labute approximate surface area is 312 Å². The molecule has 6 N–H and O–H groups in total. The van der Waals surface area contributed by atoms with Crippen molar-refractivity contribution in [2.24, 2.45) is 5.73 Å². The molecule has 4 atom stereocenters. The van der Waals surface area contributed by atoms with Gasteiger partial charge in [0.05, 0.1) is 37.9 Å². The molecule has 0 aromatic rings. The number of unbranched alkanes of at least 4 members (excludes halogenated alkanes) is 18. The number of hydrogen-bond acceptors (Lipinski definition) is 7. The Morgan fingerprint density at radius 1 is 0.686 bits per heavy atom. The number of rotatable bonds is 37. The van der Waals surface area contributed by atoms with Crippen LogP contribution in [0.15, 0.2) is 48.6 Å². The molecule has 0 aliphatic heterocycles. The van der Waals surface area contributed by atoms with E-state index in [1.54, 1.807) is 6.08 Å². The van der Waals surface area contributed by atoms with Crippen LogP contribution in [0.2, 0.25) is 0 Å². The second-order valence-corrected chi connectivity index (χ2v) is 15.2. The summed E-state index contributed by atoms with van der Waals surface area (Å²) >= 11 is 0. The number of aliphatic hydroxyl groups excluding tert-OH is 2. The molecule has 1 amide bonds. The average molecular weight is 741 g/mol. The lowest BCUT2D eigenvalue weighted by Gasteiger charge is -2.24. The third-order valence-electron chi connectivity index (χ3n) is 8.71. The van der Waals surface area contributed by atoms with Gasteiger partial charge in [-0.1, -0.05) is 152 Å². The summed E-state index contributed by atoms with van der Waals surface area (Å²) in [7, 11) is -4.41. The van der Waals surface area contributed by atoms with Crippen molar-refractivity contribution in [1.82, 2.24) is 5.32 Å². The Bertz CT molecular complexity index is 956. The first kappa shape index (κ1) is 49.4. The minimum Gasteiger partial charge on any atom is -0.393 e. The first-order valence-electron chi connectivity index (χ1n) is 20.4. The minimum absolute atomic E-state index is 0.0406. The largest absolute Gasteiger partial charge is 0.472 e. The van der Waals surface area contributed by atoms with E-state index in [4.69, 9.17) is 14.8 Å². The highest BCUT2D eigenvalue weighted by Crippen LogP contribution is 2.43. The Morgan fingerprint density at radius 2 is 1.18 bits per heavy atom. The maximum Gasteiger partial charge on any atom is 0.472 e. The number of allylic oxidation sites excluding steroid dienone is 7. The molecule has 10 heteroatoms. The van der Waals surface area contributed by atoms with E-state index in [9.17, 15) is 24.5 Å². The van der Waals surface area contributed by atoms with Gasteiger partial charge in [-0.15, -0.1) is 0 Å². The predicted molar refractivity (Wildman–Crippen MR) is 213 cm³/mol. The summed E-state index contributed by atoms with van der Waals surface area (Å²) in [4.78, 5) is 22.7. The molecule has 0 aromatic heterocycles. The second kappa shape index (κ2) is 36.8. The van der Waals surface area contributed by atoms with Crippen LogP contribution in [-0.2, 0) is 18.4 Å². The number of phosphoric acid groups is 1. The van der Waals surface area contributed by atoms with Crippen LogP contribution in [0.25, 0.3) is 0 Å². The number of nitrogens with two attached hydrogens (primary N) is 1. The van der Waals surface area contributed by atoms with Crippen LogP contribution in [-0.4, -0.2) is 59.0 Å². The van der Waals surface area contributed by atoms with E-state index in [-0.39, 0.29) is 19.6 Å². The van der Waals surface area contributed by atoms with E-state index in [0.717, 1.165) is 51.4 Å². The maximum absolute atomic E-state index is 12.8. The number of aliphatic hydroxyl groups is 2. The molecule has 0 aliphatic rings. The molecule has 0 bridgehead atoms. The Kier molecular flexibility index (Phi) is 35.6. The zero-order valence-corrected chi connectivity index (χ0v) is 33.3. The van der Waals surface area contributed by atoms with Crippen molar-refractivity contribution in [3.63, 3.8) is 0 Å². The molecule has 298 valence electrons. The molecule has 0 saturated heterocycles. The summed E-state index contributed by atoms with van der Waals surface area (Å²) in [5, 5.41) is 23.9. The first-order chi connectivity index (χ1) is 24.8. The summed E-state index contributed by atoms with van der Waals surface area (Å²) in [6.07, 6.45) is 40.5. The SMILES string of the molecule is CCCCC/C=C\C=C/CCCCCCC(O)CC(=O)NC(COP(=O)(O)OCCN)C(O)/C=C/CC/C=C/CCCCCCCCCCCC. The van der Waals surface area contributed by atoms with Crippen LogP contribution in [0, 0.1) is 0 Å². The third kappa shape index (κ3) is 35.2. The smallest absolute Gasteiger partial charge is 0.393 e. The standard InChI is InChI=1S/C41H77N2O7P/c1-3-5-7-9-11-13-15-17-18-19-21-23-25-27-29-31-33-40(45)39(37-50-51(47,48)49-35-34-42)43-41(46)36-38(44)32-30-28-26-24-22-20-16-14-12-10-8-6-4-2/h12,14,16,20,23,25,31,33,38-40,44-45H,3-11,13,15,17-19,21-22,24,26-30,32,34-37,42H2,1-2H3,(H,43,46)(H,47,48)/b14-12-,20-16-,25-23+,33-31+. The number of carbonyl (C=O) groups excluding carboxylic acids is 1. The van der Waals surface area contributed by atoms with Crippen molar-refractivity contribution in [3.05, 3.63) is 48.6 Å². The predicted octanol–water partition coefficient (Wildman–Crippen LogP) is 9.91. The Hall–Kier alpha value is -1.58. The van der Waals surface area contributed by atoms with E-state index < -0.39 is 38.6 Å². The molecule has 9 nitrogen and oxygen atoms in total. The van der Waals surface area contributed by atoms with Gasteiger partial charge in [-0.05, 0) is 57.8 Å². The monoisotopic (exact) mass is 741 g/mol. The van der Waals surface area contributed by atoms with Crippen LogP contribution in [0.4, 0.5) is 0 Å². The summed E-state index contributed by atoms with van der Waals surface area (Å²) in [5.74, 6) is -0.470. The van der Waals surface area contributed by atoms with E-state index >= 15 is 0 Å². The van der Waals surface area contributed by atoms with Crippen molar-refractivity contribution >= 4 is 13.7 Å². The van der Waals surface area contributed by atoms with E-state index in [1.807, 2.05) is 6.08 Å². The van der Waals surface area contributed by atoms with Gasteiger partial charge in [-0.3, -0.25) is 13.8 Å². The molecule has 0 heterocycles. The lowest BCUT2D eigenvalue weighted by Crippen LogP contribution is -2.46. The zero-order chi connectivity index (χ0) is 37.7. The van der Waals surface area contributed by atoms with Crippen molar-refractivity contribution in [2.75, 3.05) is 19.8 Å². The number of carbonyl (C=O) groups is 1. The average Bonchev–Trinajstić information content (AvgIpc) is 3.10. The highest BCUT2D eigenvalue weighted by atomic mass is 31.2. The first-order valence-corrected chi connectivity index (χ1v) is 21.9. The fourth-order valence-corrected chi connectivity index (χ4v) is 6.35. The van der Waals surface area contributed by atoms with Gasteiger partial charge in [0.15, 0.2) is 0 Å². The lowest BCUT2D eigenvalue weighted by molar-refractivity contribution is -0.124. The number of amides is 1. The maximum atomic E-state index is 12.8. The molecule has 4 unspecified atom stereocenters. The van der Waals surface area contributed by atoms with Crippen molar-refractivity contribution in [3.8, 4) is 0 Å². The van der Waals surface area contributed by atoms with Gasteiger partial charge >= 0.3 is 7.82 Å². The lowest BCUT2D eigenvalue weighted by atomic mass is 10.0. The van der Waals surface area contributed by atoms with E-state index in [1.165, 1.54) is 83.5 Å². The summed E-state index contributed by atoms with van der Waals surface area (Å²) in [5.41, 5.74) is 5.35. The van der Waals surface area contributed by atoms with E-state index in [0.29, 0.717) is 12.8 Å². The van der Waals surface area contributed by atoms with Crippen LogP contribution < -0.4 is 11.1 Å². The molecule has 0 radical (unpaired) electrons. The summed E-state index contributed by atoms with van der Waals surface area (Å²) < 4.78 is 22.0.